The number of hydrogen-bond acceptors (Lipinski definition) is 9. The minimum absolute atomic E-state index is 0.0251. The second kappa shape index (κ2) is 15.0. The number of amides is 4. The molecule has 0 unspecified atom stereocenters. The van der Waals surface area contributed by atoms with Gasteiger partial charge in [-0.25, -0.2) is 22.6 Å². The summed E-state index contributed by atoms with van der Waals surface area (Å²) in [7, 11) is -4.40. The molecule has 1 aromatic heterocycles. The molecule has 3 N–H and O–H groups in total. The SMILES string of the molecule is C[C@@H]1CC/C=C\[C@@H]2C[C@@]2(C(=O)NS(=O)(=O)C2(CF)CC2)NC(=O)[C@@H]2C[C@@H](Oc3nc4c(c5ccccc35)OCCC4)CN2C(=O)[C@@H](N(C(=O)O)C(C)(C)C)[C@H](C)C1. The van der Waals surface area contributed by atoms with E-state index in [0.29, 0.717) is 49.3 Å². The van der Waals surface area contributed by atoms with Gasteiger partial charge in [0.15, 0.2) is 0 Å². The van der Waals surface area contributed by atoms with Crippen LogP contribution in [0.25, 0.3) is 10.8 Å². The fraction of sp³-hybridized carbons (Fsp3) is 0.634. The lowest BCUT2D eigenvalue weighted by Crippen LogP contribution is -2.62. The Balaban J connectivity index is 1.27. The lowest BCUT2D eigenvalue weighted by Gasteiger charge is -2.43. The fourth-order valence-electron chi connectivity index (χ4n) is 8.97. The van der Waals surface area contributed by atoms with E-state index >= 15 is 4.79 Å². The molecule has 0 spiro atoms. The maximum absolute atomic E-state index is 15.1. The number of benzene rings is 1. The molecule has 1 aromatic carbocycles. The molecule has 16 heteroatoms. The van der Waals surface area contributed by atoms with E-state index in [1.807, 2.05) is 44.2 Å². The summed E-state index contributed by atoms with van der Waals surface area (Å²) >= 11 is 0. The minimum Gasteiger partial charge on any atom is -0.491 e. The van der Waals surface area contributed by atoms with Gasteiger partial charge < -0.3 is 24.8 Å². The lowest BCUT2D eigenvalue weighted by molar-refractivity contribution is -0.146. The Bertz CT molecular complexity index is 2090. The molecule has 2 saturated carbocycles. The molecular formula is C41H54FN5O9S. The third kappa shape index (κ3) is 7.65. The van der Waals surface area contributed by atoms with Crippen LogP contribution in [0.3, 0.4) is 0 Å². The average Bonchev–Trinajstić information content (AvgIpc) is 4.06. The molecule has 3 aliphatic heterocycles. The van der Waals surface area contributed by atoms with E-state index in [0.717, 1.165) is 17.5 Å². The van der Waals surface area contributed by atoms with Gasteiger partial charge in [0.1, 0.15) is 40.9 Å². The second-order valence-corrected chi connectivity index (χ2v) is 19.9. The smallest absolute Gasteiger partial charge is 0.408 e. The molecule has 2 aromatic rings. The van der Waals surface area contributed by atoms with Crippen molar-refractivity contribution in [2.75, 3.05) is 19.8 Å². The molecule has 57 heavy (non-hydrogen) atoms. The molecule has 4 heterocycles. The van der Waals surface area contributed by atoms with E-state index < -0.39 is 86.4 Å². The number of fused-ring (bicyclic) bond motifs is 5. The van der Waals surface area contributed by atoms with Crippen LogP contribution in [0.1, 0.15) is 91.7 Å². The Morgan fingerprint density at radius 2 is 1.88 bits per heavy atom. The van der Waals surface area contributed by atoms with Gasteiger partial charge in [-0.1, -0.05) is 44.2 Å². The minimum atomic E-state index is -4.40. The average molecular weight is 812 g/mol. The van der Waals surface area contributed by atoms with Crippen LogP contribution in [-0.4, -0.2) is 106 Å². The van der Waals surface area contributed by atoms with E-state index in [2.05, 4.69) is 10.0 Å². The number of carbonyl (C=O) groups excluding carboxylic acids is 3. The first kappa shape index (κ1) is 40.7. The summed E-state index contributed by atoms with van der Waals surface area (Å²) in [5.74, 6) is -2.18. The summed E-state index contributed by atoms with van der Waals surface area (Å²) in [6, 6.07) is 5.13. The Morgan fingerprint density at radius 1 is 1.16 bits per heavy atom. The number of alkyl halides is 1. The number of hydrogen-bond donors (Lipinski definition) is 3. The molecule has 4 amide bonds. The van der Waals surface area contributed by atoms with Crippen molar-refractivity contribution < 1.29 is 46.6 Å². The van der Waals surface area contributed by atoms with Crippen LogP contribution >= 0.6 is 0 Å². The number of nitrogens with one attached hydrogen (secondary N) is 2. The van der Waals surface area contributed by atoms with Crippen molar-refractivity contribution in [1.82, 2.24) is 24.8 Å². The fourth-order valence-corrected chi connectivity index (χ4v) is 10.4. The standard InChI is InChI=1S/C41H54FN5O9S/c1-24-11-6-7-12-26-21-41(26,37(50)45-57(53,54)40(23-42)16-17-40)44-34(48)31-20-27(22-46(31)36(49)32(25(2)19-24)47(38(51)52)39(3,4)5)56-35-29-14-9-8-13-28(29)33-30(43-35)15-10-18-55-33/h7-9,12-14,24-27,31-32H,6,10-11,15-23H2,1-5H3,(H,44,48)(H,45,50)(H,51,52)/b12-7-/t24-,25-,26-,27-,31+,32+,41-/m1/s1. The monoisotopic (exact) mass is 811 g/mol. The molecule has 0 bridgehead atoms. The van der Waals surface area contributed by atoms with E-state index in [-0.39, 0.29) is 38.1 Å². The van der Waals surface area contributed by atoms with Crippen LogP contribution in [0, 0.1) is 17.8 Å². The van der Waals surface area contributed by atoms with E-state index in [9.17, 15) is 32.3 Å². The highest BCUT2D eigenvalue weighted by Crippen LogP contribution is 2.48. The van der Waals surface area contributed by atoms with Crippen LogP contribution in [0.5, 0.6) is 11.6 Å². The first-order valence-electron chi connectivity index (χ1n) is 20.1. The van der Waals surface area contributed by atoms with Crippen molar-refractivity contribution in [1.29, 1.82) is 0 Å². The Morgan fingerprint density at radius 3 is 2.54 bits per heavy atom. The number of rotatable bonds is 7. The topological polar surface area (TPSA) is 185 Å². The Kier molecular flexibility index (Phi) is 10.7. The maximum atomic E-state index is 15.1. The van der Waals surface area contributed by atoms with Crippen LogP contribution in [-0.2, 0) is 30.8 Å². The van der Waals surface area contributed by atoms with Gasteiger partial charge in [-0.05, 0) is 90.0 Å². The van der Waals surface area contributed by atoms with Crippen molar-refractivity contribution in [3.8, 4) is 11.6 Å². The Labute approximate surface area is 333 Å². The lowest BCUT2D eigenvalue weighted by atomic mass is 9.85. The normalized spacial score (nSPS) is 30.6. The van der Waals surface area contributed by atoms with Crippen LogP contribution in [0.4, 0.5) is 9.18 Å². The van der Waals surface area contributed by atoms with E-state index in [1.54, 1.807) is 26.8 Å². The number of sulfonamides is 1. The van der Waals surface area contributed by atoms with Crippen LogP contribution in [0.2, 0.25) is 0 Å². The van der Waals surface area contributed by atoms with Crippen molar-refractivity contribution >= 4 is 44.6 Å². The second-order valence-electron chi connectivity index (χ2n) is 17.8. The number of ether oxygens (including phenoxy) is 2. The third-order valence-corrected chi connectivity index (χ3v) is 14.5. The predicted molar refractivity (Wildman–Crippen MR) is 209 cm³/mol. The first-order valence-corrected chi connectivity index (χ1v) is 21.5. The van der Waals surface area contributed by atoms with E-state index in [4.69, 9.17) is 14.5 Å². The molecule has 5 aliphatic rings. The van der Waals surface area contributed by atoms with Crippen molar-refractivity contribution in [3.05, 3.63) is 42.1 Å². The van der Waals surface area contributed by atoms with Crippen molar-refractivity contribution in [3.63, 3.8) is 0 Å². The maximum Gasteiger partial charge on any atom is 0.408 e. The van der Waals surface area contributed by atoms with Gasteiger partial charge in [-0.15, -0.1) is 0 Å². The molecule has 0 radical (unpaired) electrons. The number of aromatic nitrogens is 1. The summed E-state index contributed by atoms with van der Waals surface area (Å²) in [4.78, 5) is 64.1. The molecular weight excluding hydrogens is 758 g/mol. The van der Waals surface area contributed by atoms with Gasteiger partial charge in [0.05, 0.1) is 18.8 Å². The summed E-state index contributed by atoms with van der Waals surface area (Å²) in [5, 5.41) is 15.0. The highest BCUT2D eigenvalue weighted by atomic mass is 32.2. The van der Waals surface area contributed by atoms with Crippen LogP contribution < -0.4 is 19.5 Å². The largest absolute Gasteiger partial charge is 0.491 e. The highest BCUT2D eigenvalue weighted by molar-refractivity contribution is 7.91. The molecule has 2 aliphatic carbocycles. The van der Waals surface area contributed by atoms with Gasteiger partial charge in [-0.2, -0.15) is 0 Å². The van der Waals surface area contributed by atoms with Crippen molar-refractivity contribution in [2.45, 2.75) is 126 Å². The summed E-state index contributed by atoms with van der Waals surface area (Å²) in [6.07, 6.45) is 5.16. The molecule has 7 atom stereocenters. The number of allylic oxidation sites excluding steroid dienone is 1. The third-order valence-electron chi connectivity index (χ3n) is 12.4. The zero-order valence-electron chi connectivity index (χ0n) is 33.3. The highest BCUT2D eigenvalue weighted by Gasteiger charge is 2.64. The van der Waals surface area contributed by atoms with Gasteiger partial charge in [0.25, 0.3) is 5.91 Å². The number of carbonyl (C=O) groups is 4. The molecule has 310 valence electrons. The first-order chi connectivity index (χ1) is 26.9. The summed E-state index contributed by atoms with van der Waals surface area (Å²) < 4.78 is 53.4. The molecule has 1 saturated heterocycles. The van der Waals surface area contributed by atoms with Gasteiger partial charge in [0.2, 0.25) is 27.7 Å². The molecule has 14 nitrogen and oxygen atoms in total. The zero-order chi connectivity index (χ0) is 41.1. The van der Waals surface area contributed by atoms with Gasteiger partial charge >= 0.3 is 6.09 Å². The zero-order valence-corrected chi connectivity index (χ0v) is 34.1. The van der Waals surface area contributed by atoms with Crippen molar-refractivity contribution in [2.24, 2.45) is 17.8 Å². The number of carboxylic acid groups (broad SMARTS) is 1. The number of pyridine rings is 1. The van der Waals surface area contributed by atoms with Gasteiger partial charge in [0, 0.05) is 28.7 Å². The summed E-state index contributed by atoms with van der Waals surface area (Å²) in [6.45, 7) is 8.40. The number of halogens is 1. The quantitative estimate of drug-likeness (QED) is 0.326. The van der Waals surface area contributed by atoms with E-state index in [1.165, 1.54) is 9.80 Å². The number of aryl methyl sites for hydroxylation is 1. The van der Waals surface area contributed by atoms with Gasteiger partial charge in [-0.3, -0.25) is 24.0 Å². The predicted octanol–water partition coefficient (Wildman–Crippen LogP) is 4.89. The van der Waals surface area contributed by atoms with Crippen LogP contribution in [0.15, 0.2) is 36.4 Å². The Hall–Kier alpha value is -4.47. The molecule has 3 fully saturated rings. The molecule has 7 rings (SSSR count). The number of nitrogens with zero attached hydrogens (tertiary/aromatic N) is 3. The summed E-state index contributed by atoms with van der Waals surface area (Å²) in [5.41, 5.74) is -1.93.